The van der Waals surface area contributed by atoms with Crippen LogP contribution in [0.2, 0.25) is 0 Å². The highest BCUT2D eigenvalue weighted by atomic mass is 16.5. The maximum absolute atomic E-state index is 11.3. The van der Waals surface area contributed by atoms with Crippen molar-refractivity contribution in [1.82, 2.24) is 5.32 Å². The van der Waals surface area contributed by atoms with Gasteiger partial charge in [0.05, 0.1) is 6.10 Å². The van der Waals surface area contributed by atoms with Crippen LogP contribution in [0.5, 0.6) is 0 Å². The quantitative estimate of drug-likeness (QED) is 0.390. The molecule has 3 atom stereocenters. The third kappa shape index (κ3) is 3.15. The summed E-state index contributed by atoms with van der Waals surface area (Å²) in [5, 5.41) is 20.5. The number of hydrogen-bond acceptors (Lipinski definition) is 6. The predicted octanol–water partition coefficient (Wildman–Crippen LogP) is -2.34. The Morgan fingerprint density at radius 3 is 2.73 bits per heavy atom. The molecule has 1 fully saturated rings. The van der Waals surface area contributed by atoms with Crippen molar-refractivity contribution in [1.29, 1.82) is 0 Å². The number of aliphatic hydroxyl groups is 1. The molecule has 7 heteroatoms. The summed E-state index contributed by atoms with van der Waals surface area (Å²) >= 11 is 0. The maximum atomic E-state index is 11.3. The molecule has 0 radical (unpaired) electrons. The smallest absolute Gasteiger partial charge is 0.325 e. The summed E-state index contributed by atoms with van der Waals surface area (Å²) in [6, 6.07) is -2.00. The number of aliphatic hydroxyl groups excluding tert-OH is 1. The van der Waals surface area contributed by atoms with Gasteiger partial charge >= 0.3 is 11.9 Å². The SMILES string of the molecule is N[C@@H](COC(=O)[C@H]1NCCC1O)C(=O)O. The zero-order valence-corrected chi connectivity index (χ0v) is 8.05. The van der Waals surface area contributed by atoms with Gasteiger partial charge in [0, 0.05) is 0 Å². The van der Waals surface area contributed by atoms with Crippen LogP contribution in [0.25, 0.3) is 0 Å². The average molecular weight is 218 g/mol. The number of esters is 1. The number of carboxylic acid groups (broad SMARTS) is 1. The first-order valence-electron chi connectivity index (χ1n) is 4.59. The lowest BCUT2D eigenvalue weighted by Gasteiger charge is -2.14. The summed E-state index contributed by atoms with van der Waals surface area (Å²) < 4.78 is 4.65. The number of nitrogens with one attached hydrogen (secondary N) is 1. The van der Waals surface area contributed by atoms with Crippen molar-refractivity contribution >= 4 is 11.9 Å². The molecule has 0 aromatic heterocycles. The van der Waals surface area contributed by atoms with E-state index < -0.39 is 30.1 Å². The Balaban J connectivity index is 2.32. The van der Waals surface area contributed by atoms with Crippen LogP contribution >= 0.6 is 0 Å². The second-order valence-corrected chi connectivity index (χ2v) is 3.36. The standard InChI is InChI=1S/C8H14N2O5/c9-4(7(12)13)3-15-8(14)6-5(11)1-2-10-6/h4-6,10-11H,1-3,9H2,(H,12,13)/t4-,5?,6-/m0/s1. The minimum absolute atomic E-state index is 0.390. The van der Waals surface area contributed by atoms with E-state index in [9.17, 15) is 14.7 Å². The van der Waals surface area contributed by atoms with E-state index in [-0.39, 0.29) is 6.61 Å². The van der Waals surface area contributed by atoms with Gasteiger partial charge in [-0.05, 0) is 13.0 Å². The van der Waals surface area contributed by atoms with E-state index in [4.69, 9.17) is 10.8 Å². The van der Waals surface area contributed by atoms with Crippen LogP contribution in [-0.4, -0.2) is 53.5 Å². The Kier molecular flexibility index (Phi) is 4.01. The number of carbonyl (C=O) groups excluding carboxylic acids is 1. The molecule has 0 spiro atoms. The summed E-state index contributed by atoms with van der Waals surface area (Å²) in [5.74, 6) is -1.90. The van der Waals surface area contributed by atoms with Gasteiger partial charge < -0.3 is 26.0 Å². The summed E-state index contributed by atoms with van der Waals surface area (Å²) in [6.07, 6.45) is -0.302. The fourth-order valence-corrected chi connectivity index (χ4v) is 1.26. The first-order chi connectivity index (χ1) is 7.02. The number of carboxylic acids is 1. The van der Waals surface area contributed by atoms with Gasteiger partial charge in [0.1, 0.15) is 18.7 Å². The molecule has 0 aromatic carbocycles. The van der Waals surface area contributed by atoms with Crippen molar-refractivity contribution in [2.75, 3.05) is 13.2 Å². The lowest BCUT2D eigenvalue weighted by atomic mass is 10.2. The third-order valence-electron chi connectivity index (χ3n) is 2.17. The van der Waals surface area contributed by atoms with Crippen molar-refractivity contribution < 1.29 is 24.5 Å². The van der Waals surface area contributed by atoms with E-state index in [1.54, 1.807) is 0 Å². The molecular formula is C8H14N2O5. The Hall–Kier alpha value is -1.18. The van der Waals surface area contributed by atoms with Gasteiger partial charge in [-0.1, -0.05) is 0 Å². The highest BCUT2D eigenvalue weighted by molar-refractivity contribution is 5.78. The minimum Gasteiger partial charge on any atom is -0.480 e. The number of rotatable bonds is 4. The van der Waals surface area contributed by atoms with Crippen LogP contribution in [0.4, 0.5) is 0 Å². The van der Waals surface area contributed by atoms with Crippen molar-refractivity contribution in [3.8, 4) is 0 Å². The van der Waals surface area contributed by atoms with Crippen molar-refractivity contribution in [2.45, 2.75) is 24.6 Å². The number of carbonyl (C=O) groups is 2. The molecule has 5 N–H and O–H groups in total. The van der Waals surface area contributed by atoms with Crippen LogP contribution in [0.3, 0.4) is 0 Å². The fraction of sp³-hybridized carbons (Fsp3) is 0.750. The molecule has 7 nitrogen and oxygen atoms in total. The van der Waals surface area contributed by atoms with E-state index in [2.05, 4.69) is 10.1 Å². The van der Waals surface area contributed by atoms with Crippen molar-refractivity contribution in [3.05, 3.63) is 0 Å². The normalized spacial score (nSPS) is 27.3. The fourth-order valence-electron chi connectivity index (χ4n) is 1.26. The van der Waals surface area contributed by atoms with Crippen LogP contribution in [0.1, 0.15) is 6.42 Å². The lowest BCUT2D eigenvalue weighted by Crippen LogP contribution is -2.43. The Morgan fingerprint density at radius 1 is 1.60 bits per heavy atom. The van der Waals surface area contributed by atoms with Crippen LogP contribution in [0.15, 0.2) is 0 Å². The Morgan fingerprint density at radius 2 is 2.27 bits per heavy atom. The summed E-state index contributed by atoms with van der Waals surface area (Å²) in [5.41, 5.74) is 5.14. The van der Waals surface area contributed by atoms with E-state index >= 15 is 0 Å². The molecule has 86 valence electrons. The molecule has 0 amide bonds. The molecule has 0 aliphatic carbocycles. The molecular weight excluding hydrogens is 204 g/mol. The lowest BCUT2D eigenvalue weighted by molar-refractivity contribution is -0.151. The van der Waals surface area contributed by atoms with Gasteiger partial charge in [0.2, 0.25) is 0 Å². The van der Waals surface area contributed by atoms with E-state index in [1.807, 2.05) is 0 Å². The summed E-state index contributed by atoms with van der Waals surface area (Å²) in [6.45, 7) is 0.144. The third-order valence-corrected chi connectivity index (χ3v) is 2.17. The van der Waals surface area contributed by atoms with Gasteiger partial charge in [-0.2, -0.15) is 0 Å². The molecule has 1 unspecified atom stereocenters. The maximum Gasteiger partial charge on any atom is 0.325 e. The first-order valence-corrected chi connectivity index (χ1v) is 4.59. The Labute approximate surface area is 86.2 Å². The second kappa shape index (κ2) is 5.06. The van der Waals surface area contributed by atoms with Gasteiger partial charge in [-0.3, -0.25) is 9.59 Å². The minimum atomic E-state index is -1.23. The summed E-state index contributed by atoms with van der Waals surface area (Å²) in [4.78, 5) is 21.6. The van der Waals surface area contributed by atoms with Crippen LogP contribution in [-0.2, 0) is 14.3 Å². The van der Waals surface area contributed by atoms with Crippen LogP contribution < -0.4 is 11.1 Å². The molecule has 0 saturated carbocycles. The van der Waals surface area contributed by atoms with E-state index in [0.717, 1.165) is 0 Å². The molecule has 1 aliphatic rings. The van der Waals surface area contributed by atoms with Crippen molar-refractivity contribution in [3.63, 3.8) is 0 Å². The molecule has 1 aliphatic heterocycles. The monoisotopic (exact) mass is 218 g/mol. The van der Waals surface area contributed by atoms with Crippen LogP contribution in [0, 0.1) is 0 Å². The first kappa shape index (κ1) is 11.9. The zero-order chi connectivity index (χ0) is 11.4. The van der Waals surface area contributed by atoms with Gasteiger partial charge in [0.15, 0.2) is 0 Å². The molecule has 0 aromatic rings. The van der Waals surface area contributed by atoms with Gasteiger partial charge in [-0.25, -0.2) is 0 Å². The van der Waals surface area contributed by atoms with Crippen molar-refractivity contribution in [2.24, 2.45) is 5.73 Å². The Bertz CT molecular complexity index is 257. The molecule has 1 heterocycles. The average Bonchev–Trinajstić information content (AvgIpc) is 2.60. The van der Waals surface area contributed by atoms with E-state index in [0.29, 0.717) is 13.0 Å². The molecule has 1 saturated heterocycles. The molecule has 15 heavy (non-hydrogen) atoms. The topological polar surface area (TPSA) is 122 Å². The summed E-state index contributed by atoms with van der Waals surface area (Å²) in [7, 11) is 0. The zero-order valence-electron chi connectivity index (χ0n) is 8.05. The van der Waals surface area contributed by atoms with E-state index in [1.165, 1.54) is 0 Å². The predicted molar refractivity (Wildman–Crippen MR) is 49.0 cm³/mol. The number of hydrogen-bond donors (Lipinski definition) is 4. The highest BCUT2D eigenvalue weighted by Gasteiger charge is 2.32. The largest absolute Gasteiger partial charge is 0.480 e. The number of ether oxygens (including phenoxy) is 1. The highest BCUT2D eigenvalue weighted by Crippen LogP contribution is 2.08. The number of nitrogens with two attached hydrogens (primary N) is 1. The molecule has 0 bridgehead atoms. The van der Waals surface area contributed by atoms with Gasteiger partial charge in [0.25, 0.3) is 0 Å². The second-order valence-electron chi connectivity index (χ2n) is 3.36. The van der Waals surface area contributed by atoms with Gasteiger partial charge in [-0.15, -0.1) is 0 Å². The molecule has 1 rings (SSSR count). The number of aliphatic carboxylic acids is 1.